The lowest BCUT2D eigenvalue weighted by molar-refractivity contribution is 0.123. The molecule has 3 atom stereocenters. The third kappa shape index (κ3) is 1.74. The Labute approximate surface area is 108 Å². The van der Waals surface area contributed by atoms with Crippen molar-refractivity contribution in [3.63, 3.8) is 0 Å². The number of nitrogens with zero attached hydrogens (tertiary/aromatic N) is 2. The van der Waals surface area contributed by atoms with Crippen LogP contribution in [-0.2, 0) is 6.54 Å². The minimum atomic E-state index is -0.399. The summed E-state index contributed by atoms with van der Waals surface area (Å²) in [6.45, 7) is 2.97. The molecule has 3 unspecified atom stereocenters. The van der Waals surface area contributed by atoms with Gasteiger partial charge in [-0.2, -0.15) is 5.10 Å². The third-order valence-electron chi connectivity index (χ3n) is 4.62. The highest BCUT2D eigenvalue weighted by Crippen LogP contribution is 2.62. The molecule has 2 fully saturated rings. The van der Waals surface area contributed by atoms with Gasteiger partial charge >= 0.3 is 0 Å². The third-order valence-corrected chi connectivity index (χ3v) is 4.62. The highest BCUT2D eigenvalue weighted by molar-refractivity contribution is 5.29. The molecular weight excluding hydrogens is 228 g/mol. The molecule has 0 saturated heterocycles. The number of ether oxygens (including phenoxy) is 1. The van der Waals surface area contributed by atoms with Crippen LogP contribution < -0.4 is 4.74 Å². The van der Waals surface area contributed by atoms with Crippen LogP contribution in [0.4, 0.5) is 0 Å². The quantitative estimate of drug-likeness (QED) is 0.872. The molecule has 0 aliphatic heterocycles. The Kier molecular flexibility index (Phi) is 3.06. The fourth-order valence-corrected chi connectivity index (χ4v) is 3.75. The maximum Gasteiger partial charge on any atom is 0.162 e. The molecule has 2 aliphatic carbocycles. The first-order valence-corrected chi connectivity index (χ1v) is 7.05. The summed E-state index contributed by atoms with van der Waals surface area (Å²) in [4.78, 5) is 0. The van der Waals surface area contributed by atoms with Crippen molar-refractivity contribution in [2.45, 2.75) is 45.3 Å². The maximum absolute atomic E-state index is 10.6. The molecule has 4 nitrogen and oxygen atoms in total. The predicted octanol–water partition coefficient (Wildman–Crippen LogP) is 2.38. The van der Waals surface area contributed by atoms with E-state index in [1.807, 2.05) is 4.68 Å². The van der Waals surface area contributed by atoms with Crippen LogP contribution in [0.5, 0.6) is 5.75 Å². The Morgan fingerprint density at radius 2 is 2.22 bits per heavy atom. The van der Waals surface area contributed by atoms with Crippen LogP contribution in [0.15, 0.2) is 6.20 Å². The van der Waals surface area contributed by atoms with Crippen LogP contribution in [0.3, 0.4) is 0 Å². The number of fused-ring (bicyclic) bond motifs is 1. The molecule has 1 aromatic rings. The van der Waals surface area contributed by atoms with E-state index in [2.05, 4.69) is 12.0 Å². The molecule has 100 valence electrons. The molecule has 2 saturated carbocycles. The van der Waals surface area contributed by atoms with E-state index in [4.69, 9.17) is 4.74 Å². The molecule has 1 aromatic heterocycles. The molecule has 1 heterocycles. The standard InChI is InChI=1S/C14H22N2O2/c1-3-7-16-13(11(18-2)8-15-16)14(17)12-9-5-4-6-10(9)12/h8-10,12,14,17H,3-7H2,1-2H3. The van der Waals surface area contributed by atoms with Crippen molar-refractivity contribution in [3.05, 3.63) is 11.9 Å². The van der Waals surface area contributed by atoms with Gasteiger partial charge in [-0.15, -0.1) is 0 Å². The van der Waals surface area contributed by atoms with Gasteiger partial charge in [0.05, 0.1) is 13.3 Å². The smallest absolute Gasteiger partial charge is 0.162 e. The normalized spacial score (nSPS) is 31.2. The van der Waals surface area contributed by atoms with E-state index in [-0.39, 0.29) is 0 Å². The second kappa shape index (κ2) is 4.57. The zero-order valence-electron chi connectivity index (χ0n) is 11.2. The average molecular weight is 250 g/mol. The fraction of sp³-hybridized carbons (Fsp3) is 0.786. The monoisotopic (exact) mass is 250 g/mol. The number of hydrogen-bond acceptors (Lipinski definition) is 3. The van der Waals surface area contributed by atoms with Gasteiger partial charge in [0.1, 0.15) is 11.8 Å². The molecule has 0 aromatic carbocycles. The van der Waals surface area contributed by atoms with E-state index in [1.165, 1.54) is 19.3 Å². The summed E-state index contributed by atoms with van der Waals surface area (Å²) in [5, 5.41) is 15.0. The molecular formula is C14H22N2O2. The predicted molar refractivity (Wildman–Crippen MR) is 68.4 cm³/mol. The Balaban J connectivity index is 1.83. The van der Waals surface area contributed by atoms with E-state index in [0.29, 0.717) is 5.92 Å². The molecule has 0 spiro atoms. The van der Waals surface area contributed by atoms with Gasteiger partial charge in [0, 0.05) is 6.54 Å². The number of hydrogen-bond donors (Lipinski definition) is 1. The summed E-state index contributed by atoms with van der Waals surface area (Å²) in [7, 11) is 1.65. The molecule has 2 aliphatic rings. The Morgan fingerprint density at radius 3 is 2.83 bits per heavy atom. The first-order chi connectivity index (χ1) is 8.77. The van der Waals surface area contributed by atoms with Gasteiger partial charge in [-0.25, -0.2) is 0 Å². The topological polar surface area (TPSA) is 47.3 Å². The molecule has 0 radical (unpaired) electrons. The number of aromatic nitrogens is 2. The zero-order valence-corrected chi connectivity index (χ0v) is 11.2. The largest absolute Gasteiger partial charge is 0.493 e. The van der Waals surface area contributed by atoms with E-state index >= 15 is 0 Å². The lowest BCUT2D eigenvalue weighted by Crippen LogP contribution is -2.13. The average Bonchev–Trinajstić information content (AvgIpc) is 2.77. The van der Waals surface area contributed by atoms with Crippen molar-refractivity contribution < 1.29 is 9.84 Å². The van der Waals surface area contributed by atoms with Crippen molar-refractivity contribution in [1.29, 1.82) is 0 Å². The van der Waals surface area contributed by atoms with Gasteiger partial charge in [0.25, 0.3) is 0 Å². The van der Waals surface area contributed by atoms with Crippen LogP contribution in [0, 0.1) is 17.8 Å². The Morgan fingerprint density at radius 1 is 1.50 bits per heavy atom. The van der Waals surface area contributed by atoms with Crippen molar-refractivity contribution in [2.24, 2.45) is 17.8 Å². The molecule has 0 amide bonds. The van der Waals surface area contributed by atoms with Crippen LogP contribution in [0.2, 0.25) is 0 Å². The fourth-order valence-electron chi connectivity index (χ4n) is 3.75. The Hall–Kier alpha value is -1.03. The van der Waals surface area contributed by atoms with Gasteiger partial charge < -0.3 is 9.84 Å². The summed E-state index contributed by atoms with van der Waals surface area (Å²) >= 11 is 0. The van der Waals surface area contributed by atoms with Crippen LogP contribution >= 0.6 is 0 Å². The molecule has 1 N–H and O–H groups in total. The summed E-state index contributed by atoms with van der Waals surface area (Å²) in [6, 6.07) is 0. The van der Waals surface area contributed by atoms with Crippen molar-refractivity contribution in [3.8, 4) is 5.75 Å². The van der Waals surface area contributed by atoms with E-state index < -0.39 is 6.10 Å². The summed E-state index contributed by atoms with van der Waals surface area (Å²) in [5.41, 5.74) is 0.888. The minimum Gasteiger partial charge on any atom is -0.493 e. The number of methoxy groups -OCH3 is 1. The van der Waals surface area contributed by atoms with Crippen molar-refractivity contribution in [2.75, 3.05) is 7.11 Å². The zero-order chi connectivity index (χ0) is 12.7. The lowest BCUT2D eigenvalue weighted by atomic mass is 10.0. The van der Waals surface area contributed by atoms with Crippen LogP contribution in [0.1, 0.15) is 44.4 Å². The van der Waals surface area contributed by atoms with Gasteiger partial charge in [-0.3, -0.25) is 4.68 Å². The second-order valence-corrected chi connectivity index (χ2v) is 5.60. The number of aliphatic hydroxyl groups excluding tert-OH is 1. The SMILES string of the molecule is CCCn1ncc(OC)c1C(O)C1C2CCCC21. The lowest BCUT2D eigenvalue weighted by Gasteiger charge is -2.16. The first-order valence-electron chi connectivity index (χ1n) is 7.05. The minimum absolute atomic E-state index is 0.399. The van der Waals surface area contributed by atoms with E-state index in [0.717, 1.165) is 36.2 Å². The number of rotatable bonds is 5. The van der Waals surface area contributed by atoms with Crippen molar-refractivity contribution in [1.82, 2.24) is 9.78 Å². The Bertz CT molecular complexity index is 419. The van der Waals surface area contributed by atoms with Gasteiger partial charge in [0.2, 0.25) is 0 Å². The van der Waals surface area contributed by atoms with Crippen molar-refractivity contribution >= 4 is 0 Å². The molecule has 3 rings (SSSR count). The van der Waals surface area contributed by atoms with Gasteiger partial charge in [-0.05, 0) is 37.0 Å². The second-order valence-electron chi connectivity index (χ2n) is 5.60. The maximum atomic E-state index is 10.6. The highest BCUT2D eigenvalue weighted by atomic mass is 16.5. The summed E-state index contributed by atoms with van der Waals surface area (Å²) < 4.78 is 7.26. The van der Waals surface area contributed by atoms with Crippen LogP contribution in [0.25, 0.3) is 0 Å². The van der Waals surface area contributed by atoms with Crippen LogP contribution in [-0.4, -0.2) is 22.0 Å². The van der Waals surface area contributed by atoms with E-state index in [1.54, 1.807) is 13.3 Å². The van der Waals surface area contributed by atoms with Gasteiger partial charge in [0.15, 0.2) is 5.75 Å². The molecule has 18 heavy (non-hydrogen) atoms. The summed E-state index contributed by atoms with van der Waals surface area (Å²) in [5.74, 6) is 2.67. The number of aliphatic hydroxyl groups is 1. The molecule has 4 heteroatoms. The highest BCUT2D eigenvalue weighted by Gasteiger charge is 2.56. The summed E-state index contributed by atoms with van der Waals surface area (Å²) in [6.07, 6.45) is 6.26. The molecule has 0 bridgehead atoms. The van der Waals surface area contributed by atoms with E-state index in [9.17, 15) is 5.11 Å². The first kappa shape index (κ1) is 12.0. The van der Waals surface area contributed by atoms with Gasteiger partial charge in [-0.1, -0.05) is 13.3 Å². The number of aryl methyl sites for hydroxylation is 1.